The molecule has 0 bridgehead atoms. The minimum Gasteiger partial charge on any atom is -0.497 e. The number of hydrogen-bond donors (Lipinski definition) is 1. The zero-order chi connectivity index (χ0) is 18.8. The van der Waals surface area contributed by atoms with Gasteiger partial charge in [-0.3, -0.25) is 4.79 Å². The van der Waals surface area contributed by atoms with Crippen LogP contribution in [0.25, 0.3) is 6.08 Å². The van der Waals surface area contributed by atoms with Crippen LogP contribution >= 0.6 is 0 Å². The Morgan fingerprint density at radius 3 is 2.31 bits per heavy atom. The lowest BCUT2D eigenvalue weighted by atomic mass is 10.1. The first-order valence-electron chi connectivity index (χ1n) is 8.49. The molecule has 138 valence electrons. The maximum atomic E-state index is 12.1. The Morgan fingerprint density at radius 2 is 1.69 bits per heavy atom. The minimum atomic E-state index is -0.169. The Morgan fingerprint density at radius 1 is 1.04 bits per heavy atom. The van der Waals surface area contributed by atoms with Gasteiger partial charge in [-0.05, 0) is 41.8 Å². The van der Waals surface area contributed by atoms with E-state index in [1.807, 2.05) is 43.3 Å². The number of methoxy groups -OCH3 is 2. The lowest BCUT2D eigenvalue weighted by molar-refractivity contribution is -0.116. The summed E-state index contributed by atoms with van der Waals surface area (Å²) in [5.41, 5.74) is 2.95. The van der Waals surface area contributed by atoms with Crippen LogP contribution in [0.1, 0.15) is 23.6 Å². The molecule has 0 fully saturated rings. The summed E-state index contributed by atoms with van der Waals surface area (Å²) in [4.78, 5) is 12.1. The summed E-state index contributed by atoms with van der Waals surface area (Å²) in [5.74, 6) is 1.18. The predicted octanol–water partition coefficient (Wildman–Crippen LogP) is 3.57. The molecule has 0 atom stereocenters. The summed E-state index contributed by atoms with van der Waals surface area (Å²) in [6.45, 7) is 3.62. The van der Waals surface area contributed by atoms with Crippen LogP contribution in [0.5, 0.6) is 11.5 Å². The molecule has 0 aromatic heterocycles. The first kappa shape index (κ1) is 19.5. The summed E-state index contributed by atoms with van der Waals surface area (Å²) < 4.78 is 15.9. The van der Waals surface area contributed by atoms with E-state index in [1.165, 1.54) is 6.08 Å². The van der Waals surface area contributed by atoms with E-state index in [1.54, 1.807) is 26.4 Å². The van der Waals surface area contributed by atoms with Crippen LogP contribution < -0.4 is 14.8 Å². The van der Waals surface area contributed by atoms with Crippen molar-refractivity contribution in [3.05, 3.63) is 65.2 Å². The van der Waals surface area contributed by atoms with E-state index in [0.717, 1.165) is 16.7 Å². The predicted molar refractivity (Wildman–Crippen MR) is 102 cm³/mol. The molecule has 2 aromatic carbocycles. The van der Waals surface area contributed by atoms with Crippen molar-refractivity contribution in [1.82, 2.24) is 5.32 Å². The number of nitrogens with one attached hydrogen (secondary N) is 1. The number of hydrogen-bond acceptors (Lipinski definition) is 4. The standard InChI is InChI=1S/C21H25NO4/c1-4-26-15-18-8-6-5-7-17(18)14-22-21(23)10-9-16-11-19(24-2)13-20(12-16)25-3/h5-13H,4,14-15H2,1-3H3,(H,22,23). The van der Waals surface area contributed by atoms with E-state index in [4.69, 9.17) is 14.2 Å². The zero-order valence-corrected chi connectivity index (χ0v) is 15.5. The summed E-state index contributed by atoms with van der Waals surface area (Å²) in [7, 11) is 3.18. The average Bonchev–Trinajstić information content (AvgIpc) is 2.69. The van der Waals surface area contributed by atoms with Gasteiger partial charge in [0.25, 0.3) is 0 Å². The lowest BCUT2D eigenvalue weighted by Gasteiger charge is -2.10. The number of rotatable bonds is 9. The van der Waals surface area contributed by atoms with Crippen molar-refractivity contribution < 1.29 is 19.0 Å². The average molecular weight is 355 g/mol. The van der Waals surface area contributed by atoms with Crippen LogP contribution in [-0.2, 0) is 22.7 Å². The van der Waals surface area contributed by atoms with Gasteiger partial charge in [-0.1, -0.05) is 24.3 Å². The van der Waals surface area contributed by atoms with E-state index < -0.39 is 0 Å². The summed E-state index contributed by atoms with van der Waals surface area (Å²) in [6.07, 6.45) is 3.23. The number of ether oxygens (including phenoxy) is 3. The van der Waals surface area contributed by atoms with Gasteiger partial charge < -0.3 is 19.5 Å². The van der Waals surface area contributed by atoms with Gasteiger partial charge in [0.05, 0.1) is 20.8 Å². The summed E-state index contributed by atoms with van der Waals surface area (Å²) >= 11 is 0. The molecule has 0 aliphatic heterocycles. The smallest absolute Gasteiger partial charge is 0.244 e. The van der Waals surface area contributed by atoms with Gasteiger partial charge >= 0.3 is 0 Å². The SMILES string of the molecule is CCOCc1ccccc1CNC(=O)C=Cc1cc(OC)cc(OC)c1. The fourth-order valence-electron chi connectivity index (χ4n) is 2.42. The molecular formula is C21H25NO4. The van der Waals surface area contributed by atoms with Gasteiger partial charge in [0, 0.05) is 25.3 Å². The van der Waals surface area contributed by atoms with Crippen molar-refractivity contribution >= 4 is 12.0 Å². The molecule has 0 aliphatic carbocycles. The quantitative estimate of drug-likeness (QED) is 0.699. The molecule has 0 saturated carbocycles. The highest BCUT2D eigenvalue weighted by Gasteiger charge is 2.04. The molecule has 0 saturated heterocycles. The van der Waals surface area contributed by atoms with Gasteiger partial charge in [0.1, 0.15) is 11.5 Å². The van der Waals surface area contributed by atoms with Crippen molar-refractivity contribution in [2.75, 3.05) is 20.8 Å². The van der Waals surface area contributed by atoms with Crippen LogP contribution in [0.3, 0.4) is 0 Å². The molecule has 0 radical (unpaired) electrons. The molecule has 5 nitrogen and oxygen atoms in total. The lowest BCUT2D eigenvalue weighted by Crippen LogP contribution is -2.21. The third-order valence-electron chi connectivity index (χ3n) is 3.83. The summed E-state index contributed by atoms with van der Waals surface area (Å²) in [6, 6.07) is 13.4. The Kier molecular flexibility index (Phi) is 7.71. The highest BCUT2D eigenvalue weighted by atomic mass is 16.5. The molecule has 2 rings (SSSR count). The van der Waals surface area contributed by atoms with Crippen LogP contribution in [-0.4, -0.2) is 26.7 Å². The third-order valence-corrected chi connectivity index (χ3v) is 3.83. The van der Waals surface area contributed by atoms with Crippen LogP contribution in [0.2, 0.25) is 0 Å². The monoisotopic (exact) mass is 355 g/mol. The van der Waals surface area contributed by atoms with Gasteiger partial charge in [0.15, 0.2) is 0 Å². The van der Waals surface area contributed by atoms with E-state index in [-0.39, 0.29) is 5.91 Å². The van der Waals surface area contributed by atoms with E-state index in [9.17, 15) is 4.79 Å². The van der Waals surface area contributed by atoms with E-state index in [0.29, 0.717) is 31.3 Å². The van der Waals surface area contributed by atoms with E-state index in [2.05, 4.69) is 5.32 Å². The van der Waals surface area contributed by atoms with Crippen LogP contribution in [0, 0.1) is 0 Å². The van der Waals surface area contributed by atoms with E-state index >= 15 is 0 Å². The van der Waals surface area contributed by atoms with Crippen molar-refractivity contribution in [2.45, 2.75) is 20.1 Å². The largest absolute Gasteiger partial charge is 0.497 e. The van der Waals surface area contributed by atoms with Crippen LogP contribution in [0.15, 0.2) is 48.5 Å². The summed E-state index contributed by atoms with van der Waals surface area (Å²) in [5, 5.41) is 2.90. The maximum Gasteiger partial charge on any atom is 0.244 e. The highest BCUT2D eigenvalue weighted by molar-refractivity contribution is 5.91. The molecule has 0 spiro atoms. The molecule has 0 unspecified atom stereocenters. The van der Waals surface area contributed by atoms with Gasteiger partial charge in [-0.15, -0.1) is 0 Å². The Hall–Kier alpha value is -2.79. The van der Waals surface area contributed by atoms with Crippen molar-refractivity contribution in [2.24, 2.45) is 0 Å². The topological polar surface area (TPSA) is 56.8 Å². The van der Waals surface area contributed by atoms with Crippen molar-refractivity contribution in [3.63, 3.8) is 0 Å². The maximum absolute atomic E-state index is 12.1. The Bertz CT molecular complexity index is 733. The molecule has 0 heterocycles. The second-order valence-electron chi connectivity index (χ2n) is 5.60. The Balaban J connectivity index is 1.98. The second-order valence-corrected chi connectivity index (χ2v) is 5.60. The molecule has 1 N–H and O–H groups in total. The molecule has 5 heteroatoms. The molecule has 1 amide bonds. The van der Waals surface area contributed by atoms with Gasteiger partial charge in [0.2, 0.25) is 5.91 Å². The zero-order valence-electron chi connectivity index (χ0n) is 15.5. The number of carbonyl (C=O) groups excluding carboxylic acids is 1. The molecule has 26 heavy (non-hydrogen) atoms. The fraction of sp³-hybridized carbons (Fsp3) is 0.286. The minimum absolute atomic E-state index is 0.169. The fourth-order valence-corrected chi connectivity index (χ4v) is 2.42. The number of carbonyl (C=O) groups is 1. The molecular weight excluding hydrogens is 330 g/mol. The first-order chi connectivity index (χ1) is 12.7. The second kappa shape index (κ2) is 10.3. The number of amides is 1. The normalized spacial score (nSPS) is 10.7. The van der Waals surface area contributed by atoms with Crippen LogP contribution in [0.4, 0.5) is 0 Å². The number of benzene rings is 2. The molecule has 0 aliphatic rings. The molecule has 2 aromatic rings. The van der Waals surface area contributed by atoms with Gasteiger partial charge in [-0.2, -0.15) is 0 Å². The van der Waals surface area contributed by atoms with Crippen molar-refractivity contribution in [1.29, 1.82) is 0 Å². The Labute approximate surface area is 154 Å². The van der Waals surface area contributed by atoms with Crippen molar-refractivity contribution in [3.8, 4) is 11.5 Å². The van der Waals surface area contributed by atoms with Gasteiger partial charge in [-0.25, -0.2) is 0 Å². The third kappa shape index (κ3) is 5.93. The highest BCUT2D eigenvalue weighted by Crippen LogP contribution is 2.23. The first-order valence-corrected chi connectivity index (χ1v) is 8.49.